The summed E-state index contributed by atoms with van der Waals surface area (Å²) < 4.78 is 40.9. The smallest absolute Gasteiger partial charge is 0.193 e. The maximum atomic E-state index is 12.9. The number of hydrogen-bond donors (Lipinski definition) is 0. The second-order valence-electron chi connectivity index (χ2n) is 6.44. The van der Waals surface area contributed by atoms with Gasteiger partial charge in [-0.2, -0.15) is 17.7 Å². The maximum Gasteiger partial charge on any atom is 0.416 e. The molecule has 0 aliphatic heterocycles. The Labute approximate surface area is 155 Å². The summed E-state index contributed by atoms with van der Waals surface area (Å²) in [6.07, 6.45) is -2.35. The lowest BCUT2D eigenvalue weighted by Gasteiger charge is -2.10. The molecule has 0 spiro atoms. The quantitative estimate of drug-likeness (QED) is 0.401. The second kappa shape index (κ2) is 6.88. The van der Waals surface area contributed by atoms with E-state index in [-0.39, 0.29) is 0 Å². The molecule has 0 amide bonds. The van der Waals surface area contributed by atoms with Gasteiger partial charge in [-0.1, -0.05) is 48.5 Å². The van der Waals surface area contributed by atoms with Gasteiger partial charge in [0.05, 0.1) is 10.9 Å². The van der Waals surface area contributed by atoms with Crippen LogP contribution in [0.4, 0.5) is 13.2 Å². The van der Waals surface area contributed by atoms with Crippen molar-refractivity contribution in [3.05, 3.63) is 102 Å². The first kappa shape index (κ1) is 17.3. The number of benzene rings is 3. The van der Waals surface area contributed by atoms with Crippen molar-refractivity contribution in [3.8, 4) is 11.3 Å². The Morgan fingerprint density at radius 2 is 1.37 bits per heavy atom. The van der Waals surface area contributed by atoms with E-state index in [1.165, 1.54) is 0 Å². The summed E-state index contributed by atoms with van der Waals surface area (Å²) in [6, 6.07) is 25.3. The zero-order valence-corrected chi connectivity index (χ0v) is 14.4. The predicted octanol–water partition coefficient (Wildman–Crippen LogP) is 5.86. The monoisotopic (exact) mass is 364 g/mol. The standard InChI is InChI=1S/C23H17F3N/c24-23(25,26)20-12-10-19(11-13-20)22-21-9-5-4-8-18(21)14-15-27(22)16-17-6-2-1-3-7-17/h1-15H,16H2/q+1. The van der Waals surface area contributed by atoms with Gasteiger partial charge >= 0.3 is 6.18 Å². The summed E-state index contributed by atoms with van der Waals surface area (Å²) in [5.74, 6) is 0. The zero-order valence-electron chi connectivity index (χ0n) is 14.4. The van der Waals surface area contributed by atoms with Gasteiger partial charge in [-0.05, 0) is 35.7 Å². The number of fused-ring (bicyclic) bond motifs is 1. The highest BCUT2D eigenvalue weighted by Crippen LogP contribution is 2.32. The lowest BCUT2D eigenvalue weighted by molar-refractivity contribution is -0.676. The van der Waals surface area contributed by atoms with Gasteiger partial charge in [-0.15, -0.1) is 0 Å². The normalized spacial score (nSPS) is 11.7. The highest BCUT2D eigenvalue weighted by molar-refractivity contribution is 5.92. The molecule has 0 unspecified atom stereocenters. The van der Waals surface area contributed by atoms with Crippen molar-refractivity contribution in [2.45, 2.75) is 12.7 Å². The fourth-order valence-electron chi connectivity index (χ4n) is 3.31. The number of pyridine rings is 1. The summed E-state index contributed by atoms with van der Waals surface area (Å²) in [5.41, 5.74) is 2.16. The van der Waals surface area contributed by atoms with Gasteiger partial charge in [0.2, 0.25) is 5.69 Å². The fraction of sp³-hybridized carbons (Fsp3) is 0.0870. The minimum absolute atomic E-state index is 0.638. The van der Waals surface area contributed by atoms with Gasteiger partial charge in [0.25, 0.3) is 0 Å². The second-order valence-corrected chi connectivity index (χ2v) is 6.44. The molecule has 1 heterocycles. The molecule has 0 N–H and O–H groups in total. The fourth-order valence-corrected chi connectivity index (χ4v) is 3.31. The highest BCUT2D eigenvalue weighted by Gasteiger charge is 2.30. The lowest BCUT2D eigenvalue weighted by atomic mass is 10.0. The van der Waals surface area contributed by atoms with Crippen LogP contribution >= 0.6 is 0 Å². The molecule has 1 nitrogen and oxygen atoms in total. The molecule has 0 aliphatic carbocycles. The van der Waals surface area contributed by atoms with Crippen molar-refractivity contribution in [3.63, 3.8) is 0 Å². The average Bonchev–Trinajstić information content (AvgIpc) is 2.68. The van der Waals surface area contributed by atoms with E-state index in [1.54, 1.807) is 12.1 Å². The average molecular weight is 364 g/mol. The van der Waals surface area contributed by atoms with Crippen LogP contribution in [-0.2, 0) is 12.7 Å². The van der Waals surface area contributed by atoms with E-state index in [0.29, 0.717) is 6.54 Å². The van der Waals surface area contributed by atoms with E-state index < -0.39 is 11.7 Å². The number of halogens is 3. The Kier molecular flexibility index (Phi) is 4.40. The van der Waals surface area contributed by atoms with Crippen LogP contribution in [-0.4, -0.2) is 0 Å². The van der Waals surface area contributed by atoms with Gasteiger partial charge in [0, 0.05) is 17.2 Å². The molecule has 0 bridgehead atoms. The molecule has 0 saturated carbocycles. The van der Waals surface area contributed by atoms with Crippen LogP contribution in [0, 0.1) is 0 Å². The van der Waals surface area contributed by atoms with Crippen LogP contribution in [0.2, 0.25) is 0 Å². The molecular formula is C23H17F3N+. The maximum absolute atomic E-state index is 12.9. The predicted molar refractivity (Wildman–Crippen MR) is 100 cm³/mol. The molecule has 0 radical (unpaired) electrons. The Morgan fingerprint density at radius 3 is 2.07 bits per heavy atom. The molecule has 0 aliphatic rings. The van der Waals surface area contributed by atoms with Crippen LogP contribution in [0.5, 0.6) is 0 Å². The molecule has 0 fully saturated rings. The first-order valence-electron chi connectivity index (χ1n) is 8.65. The molecule has 0 saturated heterocycles. The van der Waals surface area contributed by atoms with Crippen molar-refractivity contribution in [2.24, 2.45) is 0 Å². The molecule has 27 heavy (non-hydrogen) atoms. The lowest BCUT2D eigenvalue weighted by Crippen LogP contribution is -2.36. The number of rotatable bonds is 3. The van der Waals surface area contributed by atoms with Crippen LogP contribution in [0.25, 0.3) is 22.0 Å². The molecule has 4 rings (SSSR count). The summed E-state index contributed by atoms with van der Waals surface area (Å²) in [6.45, 7) is 0.641. The van der Waals surface area contributed by atoms with E-state index in [2.05, 4.69) is 4.57 Å². The summed E-state index contributed by atoms with van der Waals surface area (Å²) in [5, 5.41) is 2.06. The van der Waals surface area contributed by atoms with Crippen molar-refractivity contribution in [1.29, 1.82) is 0 Å². The van der Waals surface area contributed by atoms with Crippen LogP contribution in [0.1, 0.15) is 11.1 Å². The molecule has 1 aromatic heterocycles. The van der Waals surface area contributed by atoms with E-state index in [0.717, 1.165) is 39.7 Å². The molecule has 3 aromatic carbocycles. The number of nitrogens with zero attached hydrogens (tertiary/aromatic N) is 1. The van der Waals surface area contributed by atoms with Crippen molar-refractivity contribution in [2.75, 3.05) is 0 Å². The van der Waals surface area contributed by atoms with Crippen molar-refractivity contribution < 1.29 is 17.7 Å². The van der Waals surface area contributed by atoms with Gasteiger partial charge in [0.15, 0.2) is 12.7 Å². The summed E-state index contributed by atoms with van der Waals surface area (Å²) >= 11 is 0. The third-order valence-electron chi connectivity index (χ3n) is 4.62. The third-order valence-corrected chi connectivity index (χ3v) is 4.62. The Morgan fingerprint density at radius 1 is 0.704 bits per heavy atom. The molecule has 0 atom stereocenters. The SMILES string of the molecule is FC(F)(F)c1ccc(-c2c3ccccc3cc[n+]2Cc2ccccc2)cc1. The van der Waals surface area contributed by atoms with Gasteiger partial charge in [-0.25, -0.2) is 0 Å². The van der Waals surface area contributed by atoms with Gasteiger partial charge in [-0.3, -0.25) is 0 Å². The number of alkyl halides is 3. The minimum Gasteiger partial charge on any atom is -0.193 e. The van der Waals surface area contributed by atoms with Gasteiger partial charge < -0.3 is 0 Å². The van der Waals surface area contributed by atoms with Crippen molar-refractivity contribution in [1.82, 2.24) is 0 Å². The highest BCUT2D eigenvalue weighted by atomic mass is 19.4. The third kappa shape index (κ3) is 3.56. The Bertz CT molecular complexity index is 1070. The molecule has 134 valence electrons. The van der Waals surface area contributed by atoms with Crippen LogP contribution in [0.15, 0.2) is 91.1 Å². The number of aromatic nitrogens is 1. The first-order valence-corrected chi connectivity index (χ1v) is 8.65. The summed E-state index contributed by atoms with van der Waals surface area (Å²) in [4.78, 5) is 0. The Hall–Kier alpha value is -3.14. The zero-order chi connectivity index (χ0) is 18.9. The molecule has 4 heteroatoms. The van der Waals surface area contributed by atoms with E-state index >= 15 is 0 Å². The number of hydrogen-bond acceptors (Lipinski definition) is 0. The van der Waals surface area contributed by atoms with Crippen LogP contribution < -0.4 is 4.57 Å². The van der Waals surface area contributed by atoms with Gasteiger partial charge in [0.1, 0.15) is 0 Å². The largest absolute Gasteiger partial charge is 0.416 e. The van der Waals surface area contributed by atoms with E-state index in [9.17, 15) is 13.2 Å². The van der Waals surface area contributed by atoms with E-state index in [1.807, 2.05) is 66.9 Å². The van der Waals surface area contributed by atoms with E-state index in [4.69, 9.17) is 0 Å². The first-order chi connectivity index (χ1) is 13.0. The topological polar surface area (TPSA) is 3.88 Å². The molecule has 4 aromatic rings. The molecular weight excluding hydrogens is 347 g/mol. The summed E-state index contributed by atoms with van der Waals surface area (Å²) in [7, 11) is 0. The Balaban J connectivity index is 1.87. The van der Waals surface area contributed by atoms with Crippen molar-refractivity contribution >= 4 is 10.8 Å². The minimum atomic E-state index is -4.34. The van der Waals surface area contributed by atoms with Crippen LogP contribution in [0.3, 0.4) is 0 Å².